The smallest absolute Gasteiger partial charge is 0.257 e. The maximum absolute atomic E-state index is 14.1. The van der Waals surface area contributed by atoms with Gasteiger partial charge in [0.2, 0.25) is 0 Å². The molecule has 0 bridgehead atoms. The third-order valence-corrected chi connectivity index (χ3v) is 5.33. The summed E-state index contributed by atoms with van der Waals surface area (Å²) < 4.78 is 26.4. The molecule has 0 fully saturated rings. The minimum atomic E-state index is -0.384. The molecule has 0 radical (unpaired) electrons. The van der Waals surface area contributed by atoms with E-state index in [4.69, 9.17) is 9.47 Å². The lowest BCUT2D eigenvalue weighted by molar-refractivity contribution is 0.0733. The van der Waals surface area contributed by atoms with Crippen LogP contribution in [-0.4, -0.2) is 41.4 Å². The van der Waals surface area contributed by atoms with Gasteiger partial charge < -0.3 is 14.4 Å². The summed E-state index contributed by atoms with van der Waals surface area (Å²) in [6, 6.07) is 10.3. The van der Waals surface area contributed by atoms with Crippen molar-refractivity contribution in [1.29, 1.82) is 0 Å². The molecule has 4 rings (SSSR count). The predicted octanol–water partition coefficient (Wildman–Crippen LogP) is 3.54. The van der Waals surface area contributed by atoms with Gasteiger partial charge in [-0.3, -0.25) is 4.79 Å². The normalized spacial score (nSPS) is 13.2. The number of carbonyl (C=O) groups is 1. The second kappa shape index (κ2) is 7.58. The third-order valence-electron chi connectivity index (χ3n) is 5.33. The van der Waals surface area contributed by atoms with E-state index in [1.54, 1.807) is 44.2 Å². The number of halogens is 1. The molecule has 0 saturated heterocycles. The van der Waals surface area contributed by atoms with Crippen molar-refractivity contribution in [2.24, 2.45) is 0 Å². The van der Waals surface area contributed by atoms with Crippen LogP contribution in [0.5, 0.6) is 11.5 Å². The minimum Gasteiger partial charge on any atom is -0.493 e. The molecule has 1 aliphatic rings. The van der Waals surface area contributed by atoms with Gasteiger partial charge in [0, 0.05) is 13.1 Å². The zero-order valence-electron chi connectivity index (χ0n) is 16.6. The molecule has 1 aliphatic heterocycles. The molecule has 2 heterocycles. The van der Waals surface area contributed by atoms with E-state index in [1.165, 1.54) is 16.9 Å². The van der Waals surface area contributed by atoms with E-state index >= 15 is 0 Å². The first-order valence-electron chi connectivity index (χ1n) is 9.36. The van der Waals surface area contributed by atoms with Crippen molar-refractivity contribution in [3.05, 3.63) is 70.8 Å². The summed E-state index contributed by atoms with van der Waals surface area (Å²) in [4.78, 5) is 14.9. The van der Waals surface area contributed by atoms with Crippen molar-refractivity contribution in [2.45, 2.75) is 19.9 Å². The lowest BCUT2D eigenvalue weighted by atomic mass is 9.98. The van der Waals surface area contributed by atoms with Gasteiger partial charge in [0.1, 0.15) is 11.5 Å². The summed E-state index contributed by atoms with van der Waals surface area (Å²) in [5.74, 6) is 0.827. The molecule has 2 aromatic carbocycles. The van der Waals surface area contributed by atoms with Crippen LogP contribution >= 0.6 is 0 Å². The van der Waals surface area contributed by atoms with Crippen molar-refractivity contribution >= 4 is 5.91 Å². The Morgan fingerprint density at radius 1 is 1.10 bits per heavy atom. The van der Waals surface area contributed by atoms with Crippen LogP contribution < -0.4 is 9.47 Å². The lowest BCUT2D eigenvalue weighted by Gasteiger charge is -2.29. The number of benzene rings is 2. The Labute approximate surface area is 168 Å². The van der Waals surface area contributed by atoms with E-state index in [0.717, 1.165) is 17.5 Å². The first kappa shape index (κ1) is 19.0. The quantitative estimate of drug-likeness (QED) is 0.678. The molecule has 0 saturated carbocycles. The van der Waals surface area contributed by atoms with E-state index < -0.39 is 0 Å². The summed E-state index contributed by atoms with van der Waals surface area (Å²) in [5, 5.41) is 4.25. The molecular formula is C22H22FN3O3. The number of para-hydroxylation sites is 1. The summed E-state index contributed by atoms with van der Waals surface area (Å²) >= 11 is 0. The summed E-state index contributed by atoms with van der Waals surface area (Å²) in [7, 11) is 3.20. The van der Waals surface area contributed by atoms with Crippen molar-refractivity contribution < 1.29 is 18.7 Å². The van der Waals surface area contributed by atoms with Crippen LogP contribution in [0.25, 0.3) is 5.69 Å². The molecule has 6 nitrogen and oxygen atoms in total. The van der Waals surface area contributed by atoms with Gasteiger partial charge in [0.25, 0.3) is 5.91 Å². The predicted molar refractivity (Wildman–Crippen MR) is 106 cm³/mol. The van der Waals surface area contributed by atoms with Gasteiger partial charge in [0.15, 0.2) is 11.5 Å². The Bertz CT molecular complexity index is 1080. The SMILES string of the molecule is COc1cc2c(cc1OC)CN(C(=O)c1cnn(-c3ccccc3F)c1C)CC2. The van der Waals surface area contributed by atoms with Crippen LogP contribution in [0.4, 0.5) is 4.39 Å². The molecule has 3 aromatic rings. The molecule has 150 valence electrons. The number of carbonyl (C=O) groups excluding carboxylic acids is 1. The van der Waals surface area contributed by atoms with Gasteiger partial charge in [0.05, 0.1) is 31.7 Å². The number of nitrogens with zero attached hydrogens (tertiary/aromatic N) is 3. The number of ether oxygens (including phenoxy) is 2. The average molecular weight is 395 g/mol. The first-order valence-corrected chi connectivity index (χ1v) is 9.36. The Morgan fingerprint density at radius 3 is 2.48 bits per heavy atom. The van der Waals surface area contributed by atoms with Gasteiger partial charge in [-0.05, 0) is 48.7 Å². The molecular weight excluding hydrogens is 373 g/mol. The highest BCUT2D eigenvalue weighted by Gasteiger charge is 2.26. The van der Waals surface area contributed by atoms with Crippen molar-refractivity contribution in [2.75, 3.05) is 20.8 Å². The highest BCUT2D eigenvalue weighted by molar-refractivity contribution is 5.95. The van der Waals surface area contributed by atoms with E-state index in [9.17, 15) is 9.18 Å². The summed E-state index contributed by atoms with van der Waals surface area (Å²) in [5.41, 5.74) is 3.58. The Hall–Kier alpha value is -3.35. The number of rotatable bonds is 4. The molecule has 0 spiro atoms. The number of hydrogen-bond acceptors (Lipinski definition) is 4. The van der Waals surface area contributed by atoms with Crippen molar-refractivity contribution in [1.82, 2.24) is 14.7 Å². The maximum Gasteiger partial charge on any atom is 0.257 e. The first-order chi connectivity index (χ1) is 14.0. The zero-order valence-corrected chi connectivity index (χ0v) is 16.6. The van der Waals surface area contributed by atoms with E-state index in [-0.39, 0.29) is 11.7 Å². The summed E-state index contributed by atoms with van der Waals surface area (Å²) in [6.45, 7) is 2.84. The molecule has 29 heavy (non-hydrogen) atoms. The number of aromatic nitrogens is 2. The van der Waals surface area contributed by atoms with Crippen LogP contribution in [0.2, 0.25) is 0 Å². The minimum absolute atomic E-state index is 0.120. The molecule has 0 atom stereocenters. The van der Waals surface area contributed by atoms with Gasteiger partial charge in [-0.15, -0.1) is 0 Å². The second-order valence-corrected chi connectivity index (χ2v) is 6.96. The van der Waals surface area contributed by atoms with E-state index in [1.807, 2.05) is 12.1 Å². The second-order valence-electron chi connectivity index (χ2n) is 6.96. The highest BCUT2D eigenvalue weighted by Crippen LogP contribution is 2.33. The fraction of sp³-hybridized carbons (Fsp3) is 0.273. The molecule has 1 aromatic heterocycles. The third kappa shape index (κ3) is 3.33. The van der Waals surface area contributed by atoms with Gasteiger partial charge in [-0.1, -0.05) is 12.1 Å². The van der Waals surface area contributed by atoms with Crippen LogP contribution in [0.3, 0.4) is 0 Å². The monoisotopic (exact) mass is 395 g/mol. The zero-order chi connectivity index (χ0) is 20.5. The lowest BCUT2D eigenvalue weighted by Crippen LogP contribution is -2.36. The van der Waals surface area contributed by atoms with Crippen molar-refractivity contribution in [3.63, 3.8) is 0 Å². The number of methoxy groups -OCH3 is 2. The highest BCUT2D eigenvalue weighted by atomic mass is 19.1. The van der Waals surface area contributed by atoms with Crippen LogP contribution in [0, 0.1) is 12.7 Å². The number of fused-ring (bicyclic) bond motifs is 1. The van der Waals surface area contributed by atoms with Crippen LogP contribution in [-0.2, 0) is 13.0 Å². The van der Waals surface area contributed by atoms with E-state index in [0.29, 0.717) is 41.5 Å². The van der Waals surface area contributed by atoms with Crippen molar-refractivity contribution in [3.8, 4) is 17.2 Å². The Balaban J connectivity index is 1.61. The number of hydrogen-bond donors (Lipinski definition) is 0. The fourth-order valence-electron chi connectivity index (χ4n) is 3.71. The Morgan fingerprint density at radius 2 is 1.79 bits per heavy atom. The Kier molecular flexibility index (Phi) is 4.96. The molecule has 0 N–H and O–H groups in total. The largest absolute Gasteiger partial charge is 0.493 e. The molecule has 7 heteroatoms. The van der Waals surface area contributed by atoms with Crippen LogP contribution in [0.15, 0.2) is 42.6 Å². The van der Waals surface area contributed by atoms with Gasteiger partial charge >= 0.3 is 0 Å². The van der Waals surface area contributed by atoms with E-state index in [2.05, 4.69) is 5.10 Å². The molecule has 0 unspecified atom stereocenters. The fourth-order valence-corrected chi connectivity index (χ4v) is 3.71. The van der Waals surface area contributed by atoms with Gasteiger partial charge in [-0.2, -0.15) is 5.10 Å². The van der Waals surface area contributed by atoms with Crippen LogP contribution in [0.1, 0.15) is 27.2 Å². The molecule has 1 amide bonds. The topological polar surface area (TPSA) is 56.6 Å². The summed E-state index contributed by atoms with van der Waals surface area (Å²) in [6.07, 6.45) is 2.23. The maximum atomic E-state index is 14.1. The standard InChI is InChI=1S/C22H22FN3O3/c1-14-17(12-24-26(14)19-7-5-4-6-18(19)23)22(27)25-9-8-15-10-20(28-2)21(29-3)11-16(15)13-25/h4-7,10-12H,8-9,13H2,1-3H3. The molecule has 0 aliphatic carbocycles. The van der Waals surface area contributed by atoms with Gasteiger partial charge in [-0.25, -0.2) is 9.07 Å². The average Bonchev–Trinajstić information content (AvgIpc) is 3.13. The number of amides is 1.